The van der Waals surface area contributed by atoms with Crippen LogP contribution in [0.25, 0.3) is 0 Å². The first-order valence-corrected chi connectivity index (χ1v) is 5.03. The molecule has 3 rings (SSSR count). The van der Waals surface area contributed by atoms with Gasteiger partial charge in [0, 0.05) is 6.04 Å². The van der Waals surface area contributed by atoms with Crippen LogP contribution in [0.1, 0.15) is 19.3 Å². The monoisotopic (exact) mass is 211 g/mol. The fraction of sp³-hybridized carbons (Fsp3) is 0.600. The number of ether oxygens (including phenoxy) is 1. The summed E-state index contributed by atoms with van der Waals surface area (Å²) in [7, 11) is 0. The lowest BCUT2D eigenvalue weighted by Gasteiger charge is -2.33. The zero-order valence-electron chi connectivity index (χ0n) is 8.18. The zero-order chi connectivity index (χ0) is 10.8. The fourth-order valence-electron chi connectivity index (χ4n) is 2.12. The van der Waals surface area contributed by atoms with E-state index >= 15 is 0 Å². The minimum atomic E-state index is -1.09. The Bertz CT molecular complexity index is 313. The Morgan fingerprint density at radius 2 is 2.33 bits per heavy atom. The van der Waals surface area contributed by atoms with Gasteiger partial charge < -0.3 is 15.2 Å². The second kappa shape index (κ2) is 3.92. The maximum Gasteiger partial charge on any atom is 0.404 e. The summed E-state index contributed by atoms with van der Waals surface area (Å²) in [5.74, 6) is -0.614. The first kappa shape index (κ1) is 10.0. The molecule has 3 aliphatic rings. The van der Waals surface area contributed by atoms with E-state index in [1.54, 1.807) is 0 Å². The number of carbonyl (C=O) groups excluding carboxylic acids is 1. The lowest BCUT2D eigenvalue weighted by atomic mass is 9.86. The molecule has 1 amide bonds. The number of hydrogen-bond acceptors (Lipinski definition) is 3. The molecule has 1 saturated heterocycles. The van der Waals surface area contributed by atoms with Crippen LogP contribution in [-0.4, -0.2) is 29.3 Å². The van der Waals surface area contributed by atoms with Gasteiger partial charge in [0.2, 0.25) is 0 Å². The van der Waals surface area contributed by atoms with Gasteiger partial charge in [-0.15, -0.1) is 0 Å². The molecule has 1 fully saturated rings. The molecule has 0 saturated carbocycles. The van der Waals surface area contributed by atoms with Crippen LogP contribution in [0.15, 0.2) is 12.2 Å². The number of carbonyl (C=O) groups is 2. The molecule has 2 heterocycles. The molecular formula is C10H13NO4. The summed E-state index contributed by atoms with van der Waals surface area (Å²) >= 11 is 0. The molecule has 3 atom stereocenters. The summed E-state index contributed by atoms with van der Waals surface area (Å²) in [6.45, 7) is 0. The molecule has 0 aromatic heterocycles. The van der Waals surface area contributed by atoms with Crippen LogP contribution >= 0.6 is 0 Å². The Morgan fingerprint density at radius 1 is 1.53 bits per heavy atom. The van der Waals surface area contributed by atoms with Crippen LogP contribution in [0.2, 0.25) is 0 Å². The van der Waals surface area contributed by atoms with Gasteiger partial charge in [0.25, 0.3) is 0 Å². The van der Waals surface area contributed by atoms with Gasteiger partial charge in [-0.2, -0.15) is 0 Å². The standard InChI is InChI=1S/C10H13NO4/c12-9-7-5-4-6(15-9)2-1-3-8(7)11-10(13)14/h1-2,6-8,11H,3-5H2,(H,13,14)/b2-1-/t6-,7-,8-/m0/s1. The van der Waals surface area contributed by atoms with E-state index < -0.39 is 6.09 Å². The molecule has 2 aliphatic heterocycles. The van der Waals surface area contributed by atoms with Crippen LogP contribution in [0, 0.1) is 5.92 Å². The van der Waals surface area contributed by atoms with Crippen LogP contribution < -0.4 is 5.32 Å². The quantitative estimate of drug-likeness (QED) is 0.499. The molecule has 2 N–H and O–H groups in total. The second-order valence-electron chi connectivity index (χ2n) is 3.88. The van der Waals surface area contributed by atoms with Crippen molar-refractivity contribution in [3.63, 3.8) is 0 Å². The van der Waals surface area contributed by atoms with Gasteiger partial charge in [-0.3, -0.25) is 4.79 Å². The van der Waals surface area contributed by atoms with E-state index in [1.807, 2.05) is 12.2 Å². The van der Waals surface area contributed by atoms with E-state index in [0.29, 0.717) is 12.8 Å². The number of hydrogen-bond donors (Lipinski definition) is 2. The van der Waals surface area contributed by atoms with Gasteiger partial charge >= 0.3 is 12.1 Å². The smallest absolute Gasteiger partial charge is 0.404 e. The number of amides is 1. The third-order valence-electron chi connectivity index (χ3n) is 2.87. The number of nitrogens with one attached hydrogen (secondary N) is 1. The molecule has 5 heteroatoms. The Balaban J connectivity index is 2.16. The molecule has 82 valence electrons. The van der Waals surface area contributed by atoms with Crippen molar-refractivity contribution < 1.29 is 19.4 Å². The lowest BCUT2D eigenvalue weighted by molar-refractivity contribution is -0.158. The van der Waals surface area contributed by atoms with Crippen molar-refractivity contribution >= 4 is 12.1 Å². The van der Waals surface area contributed by atoms with Gasteiger partial charge in [0.1, 0.15) is 6.10 Å². The minimum Gasteiger partial charge on any atom is -0.465 e. The number of carboxylic acid groups (broad SMARTS) is 1. The Kier molecular flexibility index (Phi) is 2.62. The molecule has 1 aliphatic carbocycles. The summed E-state index contributed by atoms with van der Waals surface area (Å²) in [5, 5.41) is 11.0. The molecular weight excluding hydrogens is 198 g/mol. The van der Waals surface area contributed by atoms with Gasteiger partial charge in [0.15, 0.2) is 0 Å². The van der Waals surface area contributed by atoms with Gasteiger partial charge in [0.05, 0.1) is 5.92 Å². The summed E-state index contributed by atoms with van der Waals surface area (Å²) in [5.41, 5.74) is 0. The minimum absolute atomic E-state index is 0.112. The average molecular weight is 211 g/mol. The highest BCUT2D eigenvalue weighted by atomic mass is 16.5. The van der Waals surface area contributed by atoms with E-state index in [9.17, 15) is 9.59 Å². The van der Waals surface area contributed by atoms with Crippen molar-refractivity contribution in [1.29, 1.82) is 0 Å². The Hall–Kier alpha value is -1.52. The topological polar surface area (TPSA) is 75.6 Å². The second-order valence-corrected chi connectivity index (χ2v) is 3.88. The van der Waals surface area contributed by atoms with Crippen molar-refractivity contribution in [3.8, 4) is 0 Å². The summed E-state index contributed by atoms with van der Waals surface area (Å²) in [6, 6.07) is -0.354. The third kappa shape index (κ3) is 2.11. The van der Waals surface area contributed by atoms with Crippen LogP contribution in [0.4, 0.5) is 4.79 Å². The van der Waals surface area contributed by atoms with E-state index in [0.717, 1.165) is 6.42 Å². The first-order chi connectivity index (χ1) is 7.16. The predicted molar refractivity (Wildman–Crippen MR) is 51.3 cm³/mol. The number of esters is 1. The maximum atomic E-state index is 11.5. The molecule has 0 aromatic rings. The van der Waals surface area contributed by atoms with Crippen molar-refractivity contribution in [1.82, 2.24) is 5.32 Å². The van der Waals surface area contributed by atoms with Gasteiger partial charge in [-0.05, 0) is 25.3 Å². The lowest BCUT2D eigenvalue weighted by Crippen LogP contribution is -2.47. The van der Waals surface area contributed by atoms with Gasteiger partial charge in [-0.25, -0.2) is 4.79 Å². The third-order valence-corrected chi connectivity index (χ3v) is 2.87. The van der Waals surface area contributed by atoms with E-state index in [4.69, 9.17) is 9.84 Å². The highest BCUT2D eigenvalue weighted by Gasteiger charge is 2.36. The largest absolute Gasteiger partial charge is 0.465 e. The molecule has 0 radical (unpaired) electrons. The average Bonchev–Trinajstić information content (AvgIpc) is 2.12. The van der Waals surface area contributed by atoms with Crippen molar-refractivity contribution in [2.45, 2.75) is 31.4 Å². The van der Waals surface area contributed by atoms with Crippen LogP contribution in [-0.2, 0) is 9.53 Å². The molecule has 15 heavy (non-hydrogen) atoms. The number of rotatable bonds is 1. The molecule has 5 nitrogen and oxygen atoms in total. The summed E-state index contributed by atoms with van der Waals surface area (Å²) in [4.78, 5) is 22.1. The zero-order valence-corrected chi connectivity index (χ0v) is 8.18. The first-order valence-electron chi connectivity index (χ1n) is 5.03. The maximum absolute atomic E-state index is 11.5. The SMILES string of the molecule is O=C(O)N[C@H]1C/C=C\[C@H]2CC[C@@H]1C(=O)O2. The van der Waals surface area contributed by atoms with Crippen molar-refractivity contribution in [2.75, 3.05) is 0 Å². The van der Waals surface area contributed by atoms with E-state index in [1.165, 1.54) is 0 Å². The van der Waals surface area contributed by atoms with Gasteiger partial charge in [-0.1, -0.05) is 6.08 Å². The Labute approximate surface area is 87.1 Å². The van der Waals surface area contributed by atoms with Crippen molar-refractivity contribution in [3.05, 3.63) is 12.2 Å². The van der Waals surface area contributed by atoms with E-state index in [2.05, 4.69) is 5.32 Å². The predicted octanol–water partition coefficient (Wildman–Crippen LogP) is 0.904. The number of fused-ring (bicyclic) bond motifs is 4. The van der Waals surface area contributed by atoms with Crippen molar-refractivity contribution in [2.24, 2.45) is 5.92 Å². The van der Waals surface area contributed by atoms with Crippen LogP contribution in [0.5, 0.6) is 0 Å². The molecule has 0 spiro atoms. The summed E-state index contributed by atoms with van der Waals surface area (Å²) in [6.07, 6.45) is 4.54. The summed E-state index contributed by atoms with van der Waals surface area (Å²) < 4.78 is 5.14. The normalized spacial score (nSPS) is 36.3. The highest BCUT2D eigenvalue weighted by molar-refractivity contribution is 5.76. The highest BCUT2D eigenvalue weighted by Crippen LogP contribution is 2.28. The Morgan fingerprint density at radius 3 is 3.00 bits per heavy atom. The molecule has 0 aromatic carbocycles. The molecule has 0 unspecified atom stereocenters. The van der Waals surface area contributed by atoms with E-state index in [-0.39, 0.29) is 24.0 Å². The fourth-order valence-corrected chi connectivity index (χ4v) is 2.12. The molecule has 2 bridgehead atoms. The van der Waals surface area contributed by atoms with Crippen LogP contribution in [0.3, 0.4) is 0 Å².